The lowest BCUT2D eigenvalue weighted by Crippen LogP contribution is -2.44. The molecule has 0 saturated heterocycles. The number of rotatable bonds is 27. The van der Waals surface area contributed by atoms with Crippen molar-refractivity contribution < 1.29 is 28.6 Å². The smallest absolute Gasteiger partial charge is 0.408 e. The summed E-state index contributed by atoms with van der Waals surface area (Å²) >= 11 is 0. The molecular formula is C34H66N2O6. The van der Waals surface area contributed by atoms with Crippen LogP contribution >= 0.6 is 0 Å². The molecule has 0 aliphatic heterocycles. The van der Waals surface area contributed by atoms with Crippen LogP contribution in [0, 0.1) is 0 Å². The lowest BCUT2D eigenvalue weighted by atomic mass is 10.1. The summed E-state index contributed by atoms with van der Waals surface area (Å²) in [7, 11) is 1.25. The zero-order chi connectivity index (χ0) is 31.5. The SMILES string of the molecule is CCCCCCCCCCN(CCCCCCCCCC)CCCOC(=O)CC[C@H](NC(=O)OC(C)(C)C)C(=O)OC. The number of amides is 1. The van der Waals surface area contributed by atoms with Gasteiger partial charge in [-0.05, 0) is 59.5 Å². The molecule has 0 aliphatic carbocycles. The van der Waals surface area contributed by atoms with Crippen LogP contribution in [0.25, 0.3) is 0 Å². The van der Waals surface area contributed by atoms with Crippen LogP contribution in [0.15, 0.2) is 0 Å². The summed E-state index contributed by atoms with van der Waals surface area (Å²) < 4.78 is 15.4. The van der Waals surface area contributed by atoms with Crippen LogP contribution in [0.1, 0.15) is 157 Å². The number of hydrogen-bond donors (Lipinski definition) is 1. The minimum absolute atomic E-state index is 0.00971. The quantitative estimate of drug-likeness (QED) is 0.0577. The van der Waals surface area contributed by atoms with Crippen LogP contribution in [0.3, 0.4) is 0 Å². The summed E-state index contributed by atoms with van der Waals surface area (Å²) in [6.45, 7) is 13.2. The molecule has 0 aromatic rings. The second-order valence-corrected chi connectivity index (χ2v) is 12.6. The van der Waals surface area contributed by atoms with Crippen molar-refractivity contribution in [3.63, 3.8) is 0 Å². The van der Waals surface area contributed by atoms with Crippen LogP contribution in [0.5, 0.6) is 0 Å². The van der Waals surface area contributed by atoms with E-state index in [0.717, 1.165) is 26.1 Å². The van der Waals surface area contributed by atoms with E-state index in [4.69, 9.17) is 14.2 Å². The van der Waals surface area contributed by atoms with Crippen molar-refractivity contribution in [3.8, 4) is 0 Å². The average Bonchev–Trinajstić information content (AvgIpc) is 2.94. The Kier molecular flexibility index (Phi) is 25.6. The first-order valence-electron chi connectivity index (χ1n) is 17.1. The molecular weight excluding hydrogens is 532 g/mol. The van der Waals surface area contributed by atoms with E-state index in [1.807, 2.05) is 0 Å². The topological polar surface area (TPSA) is 94.2 Å². The zero-order valence-electron chi connectivity index (χ0n) is 28.2. The van der Waals surface area contributed by atoms with Gasteiger partial charge in [-0.3, -0.25) is 4.79 Å². The number of carbonyl (C=O) groups is 3. The van der Waals surface area contributed by atoms with Crippen LogP contribution in [0.2, 0.25) is 0 Å². The molecule has 8 heteroatoms. The number of unbranched alkanes of at least 4 members (excludes halogenated alkanes) is 14. The highest BCUT2D eigenvalue weighted by atomic mass is 16.6. The highest BCUT2D eigenvalue weighted by molar-refractivity contribution is 5.82. The fourth-order valence-electron chi connectivity index (χ4n) is 4.92. The molecule has 1 amide bonds. The zero-order valence-corrected chi connectivity index (χ0v) is 28.2. The van der Waals surface area contributed by atoms with Crippen LogP contribution in [0.4, 0.5) is 4.79 Å². The Hall–Kier alpha value is -1.83. The van der Waals surface area contributed by atoms with Gasteiger partial charge in [-0.2, -0.15) is 0 Å². The van der Waals surface area contributed by atoms with Gasteiger partial charge >= 0.3 is 18.0 Å². The van der Waals surface area contributed by atoms with Crippen molar-refractivity contribution in [2.24, 2.45) is 0 Å². The monoisotopic (exact) mass is 598 g/mol. The maximum atomic E-state index is 12.4. The van der Waals surface area contributed by atoms with Gasteiger partial charge in [0.05, 0.1) is 13.7 Å². The van der Waals surface area contributed by atoms with Crippen molar-refractivity contribution in [2.45, 2.75) is 168 Å². The molecule has 0 radical (unpaired) electrons. The Morgan fingerprint density at radius 3 is 1.60 bits per heavy atom. The average molecular weight is 599 g/mol. The third kappa shape index (κ3) is 25.8. The maximum Gasteiger partial charge on any atom is 0.408 e. The molecule has 1 N–H and O–H groups in total. The van der Waals surface area contributed by atoms with Crippen LogP contribution < -0.4 is 5.32 Å². The molecule has 42 heavy (non-hydrogen) atoms. The highest BCUT2D eigenvalue weighted by Gasteiger charge is 2.25. The van der Waals surface area contributed by atoms with E-state index in [1.165, 1.54) is 110 Å². The van der Waals surface area contributed by atoms with Gasteiger partial charge in [0.25, 0.3) is 0 Å². The van der Waals surface area contributed by atoms with Crippen molar-refractivity contribution in [1.82, 2.24) is 10.2 Å². The molecule has 0 aliphatic rings. The summed E-state index contributed by atoms with van der Waals surface area (Å²) in [4.78, 5) is 39.1. The van der Waals surface area contributed by atoms with Crippen molar-refractivity contribution in [1.29, 1.82) is 0 Å². The molecule has 0 bridgehead atoms. The fraction of sp³-hybridized carbons (Fsp3) is 0.912. The normalized spacial score (nSPS) is 12.3. The van der Waals surface area contributed by atoms with E-state index in [2.05, 4.69) is 24.1 Å². The van der Waals surface area contributed by atoms with E-state index in [0.29, 0.717) is 6.61 Å². The summed E-state index contributed by atoms with van der Waals surface area (Å²) in [5.74, 6) is -1.00. The summed E-state index contributed by atoms with van der Waals surface area (Å²) in [5, 5.41) is 2.49. The third-order valence-corrected chi connectivity index (χ3v) is 7.35. The predicted octanol–water partition coefficient (Wildman–Crippen LogP) is 8.35. The van der Waals surface area contributed by atoms with Gasteiger partial charge in [0.2, 0.25) is 0 Å². The first-order chi connectivity index (χ1) is 20.1. The maximum absolute atomic E-state index is 12.4. The van der Waals surface area contributed by atoms with Gasteiger partial charge in [-0.1, -0.05) is 104 Å². The first kappa shape index (κ1) is 40.2. The largest absolute Gasteiger partial charge is 0.467 e. The molecule has 0 rings (SSSR count). The molecule has 1 atom stereocenters. The van der Waals surface area contributed by atoms with Gasteiger partial charge < -0.3 is 24.4 Å². The molecule has 0 unspecified atom stereocenters. The molecule has 0 heterocycles. The van der Waals surface area contributed by atoms with E-state index in [1.54, 1.807) is 20.8 Å². The second kappa shape index (κ2) is 26.8. The third-order valence-electron chi connectivity index (χ3n) is 7.35. The van der Waals surface area contributed by atoms with Crippen molar-refractivity contribution in [3.05, 3.63) is 0 Å². The fourth-order valence-corrected chi connectivity index (χ4v) is 4.92. The number of carbonyl (C=O) groups excluding carboxylic acids is 3. The Bertz CT molecular complexity index is 659. The first-order valence-corrected chi connectivity index (χ1v) is 17.1. The van der Waals surface area contributed by atoms with E-state index in [-0.39, 0.29) is 18.8 Å². The van der Waals surface area contributed by atoms with E-state index in [9.17, 15) is 14.4 Å². The van der Waals surface area contributed by atoms with E-state index < -0.39 is 23.7 Å². The molecule has 8 nitrogen and oxygen atoms in total. The van der Waals surface area contributed by atoms with Gasteiger partial charge in [-0.25, -0.2) is 9.59 Å². The standard InChI is InChI=1S/C34H66N2O6/c1-7-9-11-13-15-17-19-21-26-36(27-22-20-18-16-14-12-10-8-2)28-23-29-41-31(37)25-24-30(32(38)40-6)35-33(39)42-34(3,4)5/h30H,7-29H2,1-6H3,(H,35,39)/t30-/m0/s1. The molecule has 0 aromatic carbocycles. The van der Waals surface area contributed by atoms with Gasteiger partial charge in [0.15, 0.2) is 0 Å². The van der Waals surface area contributed by atoms with Gasteiger partial charge in [0.1, 0.15) is 11.6 Å². The number of esters is 2. The predicted molar refractivity (Wildman–Crippen MR) is 172 cm³/mol. The lowest BCUT2D eigenvalue weighted by molar-refractivity contribution is -0.146. The van der Waals surface area contributed by atoms with Crippen molar-refractivity contribution in [2.75, 3.05) is 33.4 Å². The molecule has 0 fully saturated rings. The van der Waals surface area contributed by atoms with Crippen molar-refractivity contribution >= 4 is 18.0 Å². The van der Waals surface area contributed by atoms with E-state index >= 15 is 0 Å². The summed E-state index contributed by atoms with van der Waals surface area (Å²) in [6, 6.07) is -0.966. The minimum Gasteiger partial charge on any atom is -0.467 e. The molecule has 0 aromatic heterocycles. The lowest BCUT2D eigenvalue weighted by Gasteiger charge is -2.23. The highest BCUT2D eigenvalue weighted by Crippen LogP contribution is 2.12. The van der Waals surface area contributed by atoms with Gasteiger partial charge in [-0.15, -0.1) is 0 Å². The Morgan fingerprint density at radius 1 is 0.690 bits per heavy atom. The Balaban J connectivity index is 4.45. The summed E-state index contributed by atoms with van der Waals surface area (Å²) in [6.07, 6.45) is 21.3. The Morgan fingerprint density at radius 2 is 1.14 bits per heavy atom. The van der Waals surface area contributed by atoms with Crippen LogP contribution in [-0.2, 0) is 23.8 Å². The number of alkyl carbamates (subject to hydrolysis) is 1. The number of methoxy groups -OCH3 is 1. The number of nitrogens with one attached hydrogen (secondary N) is 1. The Labute approximate surface area is 258 Å². The summed E-state index contributed by atoms with van der Waals surface area (Å²) in [5.41, 5.74) is -0.694. The second-order valence-electron chi connectivity index (χ2n) is 12.6. The number of ether oxygens (including phenoxy) is 3. The van der Waals surface area contributed by atoms with Crippen LogP contribution in [-0.4, -0.2) is 67.9 Å². The number of nitrogens with zero attached hydrogens (tertiary/aromatic N) is 1. The minimum atomic E-state index is -0.966. The molecule has 0 spiro atoms. The number of hydrogen-bond acceptors (Lipinski definition) is 7. The molecule has 0 saturated carbocycles. The van der Waals surface area contributed by atoms with Gasteiger partial charge in [0, 0.05) is 13.0 Å². The molecule has 248 valence electrons.